The molecule has 1 aromatic rings. The van der Waals surface area contributed by atoms with Crippen molar-refractivity contribution in [3.05, 3.63) is 28.8 Å². The van der Waals surface area contributed by atoms with E-state index < -0.39 is 0 Å². The number of halogens is 1. The van der Waals surface area contributed by atoms with Crippen molar-refractivity contribution in [1.29, 1.82) is 5.26 Å². The Hall–Kier alpha value is -1.77. The molecule has 102 valence electrons. The summed E-state index contributed by atoms with van der Waals surface area (Å²) in [6.45, 7) is 2.53. The van der Waals surface area contributed by atoms with E-state index in [-0.39, 0.29) is 18.6 Å². The zero-order valence-corrected chi connectivity index (χ0v) is 11.4. The van der Waals surface area contributed by atoms with Gasteiger partial charge in [-0.15, -0.1) is 0 Å². The predicted molar refractivity (Wildman–Crippen MR) is 74.1 cm³/mol. The highest BCUT2D eigenvalue weighted by Gasteiger charge is 2.07. The summed E-state index contributed by atoms with van der Waals surface area (Å²) in [5, 5.41) is 23.1. The summed E-state index contributed by atoms with van der Waals surface area (Å²) in [5.74, 6) is 0.209. The molecule has 0 aliphatic carbocycles. The van der Waals surface area contributed by atoms with Crippen molar-refractivity contribution >= 4 is 23.3 Å². The number of hydrogen-bond acceptors (Lipinski definition) is 3. The minimum absolute atomic E-state index is 0.107. The third kappa shape index (κ3) is 5.16. The maximum Gasteiger partial charge on any atom is 0.319 e. The Morgan fingerprint density at radius 2 is 2.32 bits per heavy atom. The fourth-order valence-corrected chi connectivity index (χ4v) is 1.67. The Balaban J connectivity index is 2.49. The monoisotopic (exact) mass is 281 g/mol. The maximum atomic E-state index is 11.6. The number of hydrogen-bond donors (Lipinski definition) is 3. The fourth-order valence-electron chi connectivity index (χ4n) is 1.45. The lowest BCUT2D eigenvalue weighted by molar-refractivity contribution is 0.243. The van der Waals surface area contributed by atoms with Crippen molar-refractivity contribution in [2.45, 2.75) is 13.3 Å². The highest BCUT2D eigenvalue weighted by molar-refractivity contribution is 6.32. The van der Waals surface area contributed by atoms with Gasteiger partial charge < -0.3 is 15.7 Å². The lowest BCUT2D eigenvalue weighted by Gasteiger charge is -2.12. The molecule has 1 rings (SSSR count). The van der Waals surface area contributed by atoms with Gasteiger partial charge in [-0.2, -0.15) is 5.26 Å². The summed E-state index contributed by atoms with van der Waals surface area (Å²) in [7, 11) is 0. The Labute approximate surface area is 117 Å². The number of rotatable bonds is 5. The highest BCUT2D eigenvalue weighted by Crippen LogP contribution is 2.19. The molecule has 0 aliphatic heterocycles. The molecule has 0 radical (unpaired) electrons. The molecule has 0 saturated heterocycles. The van der Waals surface area contributed by atoms with E-state index in [4.69, 9.17) is 22.0 Å². The van der Waals surface area contributed by atoms with Crippen molar-refractivity contribution in [1.82, 2.24) is 5.32 Å². The fraction of sp³-hybridized carbons (Fsp3) is 0.385. The van der Waals surface area contributed by atoms with E-state index in [9.17, 15) is 4.79 Å². The SMILES string of the molecule is CC(CCO)CNC(=O)Nc1ccc(C#N)c(Cl)c1. The molecule has 0 heterocycles. The molecule has 2 amide bonds. The van der Waals surface area contributed by atoms with E-state index in [0.29, 0.717) is 29.2 Å². The number of amides is 2. The average Bonchev–Trinajstić information content (AvgIpc) is 2.37. The zero-order chi connectivity index (χ0) is 14.3. The molecule has 0 bridgehead atoms. The second-order valence-corrected chi connectivity index (χ2v) is 4.67. The Morgan fingerprint density at radius 3 is 2.89 bits per heavy atom. The first-order valence-electron chi connectivity index (χ1n) is 5.92. The van der Waals surface area contributed by atoms with Gasteiger partial charge in [0.15, 0.2) is 0 Å². The van der Waals surface area contributed by atoms with Gasteiger partial charge in [0.1, 0.15) is 6.07 Å². The van der Waals surface area contributed by atoms with Crippen LogP contribution in [-0.4, -0.2) is 24.3 Å². The van der Waals surface area contributed by atoms with E-state index in [0.717, 1.165) is 0 Å². The number of carbonyl (C=O) groups excluding carboxylic acids is 1. The molecule has 6 heteroatoms. The average molecular weight is 282 g/mol. The molecular formula is C13H16ClN3O2. The number of carbonyl (C=O) groups is 1. The predicted octanol–water partition coefficient (Wildman–Crippen LogP) is 2.35. The van der Waals surface area contributed by atoms with E-state index in [1.807, 2.05) is 13.0 Å². The number of aliphatic hydroxyl groups is 1. The van der Waals surface area contributed by atoms with E-state index in [2.05, 4.69) is 10.6 Å². The first-order chi connectivity index (χ1) is 9.06. The van der Waals surface area contributed by atoms with Gasteiger partial charge in [-0.25, -0.2) is 4.79 Å². The van der Waals surface area contributed by atoms with Crippen molar-refractivity contribution in [2.24, 2.45) is 5.92 Å². The third-order valence-electron chi connectivity index (χ3n) is 2.58. The normalized spacial score (nSPS) is 11.5. The molecule has 0 saturated carbocycles. The van der Waals surface area contributed by atoms with Gasteiger partial charge in [0.2, 0.25) is 0 Å². The molecule has 1 aromatic carbocycles. The lowest BCUT2D eigenvalue weighted by atomic mass is 10.1. The molecule has 1 unspecified atom stereocenters. The molecular weight excluding hydrogens is 266 g/mol. The van der Waals surface area contributed by atoms with Crippen molar-refractivity contribution in [2.75, 3.05) is 18.5 Å². The summed E-state index contributed by atoms with van der Waals surface area (Å²) in [6.07, 6.45) is 0.642. The van der Waals surface area contributed by atoms with Crippen LogP contribution in [0, 0.1) is 17.2 Å². The van der Waals surface area contributed by atoms with Crippen LogP contribution in [0.5, 0.6) is 0 Å². The highest BCUT2D eigenvalue weighted by atomic mass is 35.5. The molecule has 19 heavy (non-hydrogen) atoms. The van der Waals surface area contributed by atoms with Gasteiger partial charge in [-0.05, 0) is 30.5 Å². The van der Waals surface area contributed by atoms with E-state index in [1.54, 1.807) is 12.1 Å². The molecule has 0 aromatic heterocycles. The Bertz CT molecular complexity index is 485. The third-order valence-corrected chi connectivity index (χ3v) is 2.89. The second kappa shape index (κ2) is 7.62. The number of urea groups is 1. The van der Waals surface area contributed by atoms with Gasteiger partial charge in [0.25, 0.3) is 0 Å². The zero-order valence-electron chi connectivity index (χ0n) is 10.6. The van der Waals surface area contributed by atoms with Crippen LogP contribution in [-0.2, 0) is 0 Å². The number of nitrogens with zero attached hydrogens (tertiary/aromatic N) is 1. The van der Waals surface area contributed by atoms with E-state index in [1.165, 1.54) is 6.07 Å². The van der Waals surface area contributed by atoms with Gasteiger partial charge >= 0.3 is 6.03 Å². The largest absolute Gasteiger partial charge is 0.396 e. The van der Waals surface area contributed by atoms with Crippen LogP contribution in [0.4, 0.5) is 10.5 Å². The quantitative estimate of drug-likeness (QED) is 0.774. The topological polar surface area (TPSA) is 85.2 Å². The van der Waals surface area contributed by atoms with Gasteiger partial charge in [0, 0.05) is 18.8 Å². The van der Waals surface area contributed by atoms with Gasteiger partial charge in [-0.1, -0.05) is 18.5 Å². The molecule has 0 fully saturated rings. The molecule has 0 aliphatic rings. The molecule has 5 nitrogen and oxygen atoms in total. The van der Waals surface area contributed by atoms with E-state index >= 15 is 0 Å². The van der Waals surface area contributed by atoms with Crippen LogP contribution in [0.3, 0.4) is 0 Å². The van der Waals surface area contributed by atoms with Gasteiger partial charge in [-0.3, -0.25) is 0 Å². The first kappa shape index (κ1) is 15.3. The van der Waals surface area contributed by atoms with Crippen molar-refractivity contribution in [3.63, 3.8) is 0 Å². The number of nitriles is 1. The van der Waals surface area contributed by atoms with Crippen LogP contribution in [0.2, 0.25) is 5.02 Å². The number of nitrogens with one attached hydrogen (secondary N) is 2. The van der Waals surface area contributed by atoms with Crippen LogP contribution >= 0.6 is 11.6 Å². The standard InChI is InChI=1S/C13H16ClN3O2/c1-9(4-5-18)8-16-13(19)17-11-3-2-10(7-15)12(14)6-11/h2-3,6,9,18H,4-5,8H2,1H3,(H2,16,17,19). The summed E-state index contributed by atoms with van der Waals surface area (Å²) in [4.78, 5) is 11.6. The lowest BCUT2D eigenvalue weighted by Crippen LogP contribution is -2.32. The van der Waals surface area contributed by atoms with Crippen molar-refractivity contribution in [3.8, 4) is 6.07 Å². The Morgan fingerprint density at radius 1 is 1.58 bits per heavy atom. The molecule has 3 N–H and O–H groups in total. The number of benzene rings is 1. The summed E-state index contributed by atoms with van der Waals surface area (Å²) >= 11 is 5.86. The van der Waals surface area contributed by atoms with Crippen LogP contribution in [0.15, 0.2) is 18.2 Å². The van der Waals surface area contributed by atoms with Crippen LogP contribution in [0.1, 0.15) is 18.9 Å². The maximum absolute atomic E-state index is 11.6. The van der Waals surface area contributed by atoms with Crippen LogP contribution in [0.25, 0.3) is 0 Å². The minimum atomic E-state index is -0.342. The molecule has 1 atom stereocenters. The molecule has 0 spiro atoms. The number of anilines is 1. The summed E-state index contributed by atoms with van der Waals surface area (Å²) < 4.78 is 0. The summed E-state index contributed by atoms with van der Waals surface area (Å²) in [6, 6.07) is 6.29. The first-order valence-corrected chi connectivity index (χ1v) is 6.30. The smallest absolute Gasteiger partial charge is 0.319 e. The Kier molecular flexibility index (Phi) is 6.13. The van der Waals surface area contributed by atoms with Crippen LogP contribution < -0.4 is 10.6 Å². The number of aliphatic hydroxyl groups excluding tert-OH is 1. The minimum Gasteiger partial charge on any atom is -0.396 e. The van der Waals surface area contributed by atoms with Crippen molar-refractivity contribution < 1.29 is 9.90 Å². The second-order valence-electron chi connectivity index (χ2n) is 4.26. The summed E-state index contributed by atoms with van der Waals surface area (Å²) in [5.41, 5.74) is 0.889. The van der Waals surface area contributed by atoms with Gasteiger partial charge in [0.05, 0.1) is 10.6 Å².